The van der Waals surface area contributed by atoms with Gasteiger partial charge in [0.25, 0.3) is 0 Å². The first kappa shape index (κ1) is 18.1. The van der Waals surface area contributed by atoms with Gasteiger partial charge in [0.15, 0.2) is 0 Å². The molecule has 120 valence electrons. The van der Waals surface area contributed by atoms with Gasteiger partial charge in [-0.25, -0.2) is 4.39 Å². The largest absolute Gasteiger partial charge is 0.381 e. The highest BCUT2D eigenvalue weighted by molar-refractivity contribution is 5.22. The summed E-state index contributed by atoms with van der Waals surface area (Å²) in [6.45, 7) is 9.78. The Morgan fingerprint density at radius 1 is 1.14 bits per heavy atom. The van der Waals surface area contributed by atoms with Gasteiger partial charge in [-0.1, -0.05) is 45.4 Å². The van der Waals surface area contributed by atoms with E-state index in [-0.39, 0.29) is 11.7 Å². The van der Waals surface area contributed by atoms with Crippen molar-refractivity contribution in [2.24, 2.45) is 5.92 Å². The zero-order chi connectivity index (χ0) is 15.5. The molecule has 2 nitrogen and oxygen atoms in total. The van der Waals surface area contributed by atoms with Crippen LogP contribution < -0.4 is 5.32 Å². The van der Waals surface area contributed by atoms with Crippen molar-refractivity contribution in [2.45, 2.75) is 46.0 Å². The van der Waals surface area contributed by atoms with E-state index in [1.54, 1.807) is 12.1 Å². The number of hydrogen-bond acceptors (Lipinski definition) is 2. The minimum Gasteiger partial charge on any atom is -0.381 e. The Balaban J connectivity index is 2.51. The zero-order valence-electron chi connectivity index (χ0n) is 13.7. The number of nitrogens with one attached hydrogen (secondary N) is 1. The first-order valence-electron chi connectivity index (χ1n) is 8.18. The molecule has 1 aromatic rings. The molecular formula is C18H30FNO. The van der Waals surface area contributed by atoms with Crippen LogP contribution in [0.2, 0.25) is 0 Å². The topological polar surface area (TPSA) is 21.3 Å². The molecule has 0 saturated carbocycles. The molecule has 3 heteroatoms. The summed E-state index contributed by atoms with van der Waals surface area (Å²) in [5.74, 6) is 0.668. The maximum Gasteiger partial charge on any atom is 0.126 e. The normalized spacial score (nSPS) is 12.8. The number of rotatable bonds is 11. The van der Waals surface area contributed by atoms with E-state index in [2.05, 4.69) is 26.1 Å². The summed E-state index contributed by atoms with van der Waals surface area (Å²) in [7, 11) is 0. The smallest absolute Gasteiger partial charge is 0.126 e. The van der Waals surface area contributed by atoms with Crippen LogP contribution in [0.5, 0.6) is 0 Å². The third-order valence-corrected chi connectivity index (χ3v) is 3.54. The van der Waals surface area contributed by atoms with E-state index in [0.29, 0.717) is 12.5 Å². The van der Waals surface area contributed by atoms with Crippen molar-refractivity contribution < 1.29 is 9.13 Å². The lowest BCUT2D eigenvalue weighted by Gasteiger charge is -2.19. The van der Waals surface area contributed by atoms with Gasteiger partial charge in [0.2, 0.25) is 0 Å². The molecular weight excluding hydrogens is 265 g/mol. The van der Waals surface area contributed by atoms with Crippen molar-refractivity contribution in [3.8, 4) is 0 Å². The molecule has 0 bridgehead atoms. The zero-order valence-corrected chi connectivity index (χ0v) is 13.7. The van der Waals surface area contributed by atoms with Gasteiger partial charge in [-0.05, 0) is 36.9 Å². The van der Waals surface area contributed by atoms with Crippen LogP contribution in [0.4, 0.5) is 4.39 Å². The van der Waals surface area contributed by atoms with Gasteiger partial charge in [-0.2, -0.15) is 0 Å². The van der Waals surface area contributed by atoms with Crippen LogP contribution in [-0.2, 0) is 4.74 Å². The molecule has 0 aliphatic heterocycles. The summed E-state index contributed by atoms with van der Waals surface area (Å²) in [5, 5.41) is 3.44. The number of benzene rings is 1. The highest BCUT2D eigenvalue weighted by Gasteiger charge is 2.15. The fourth-order valence-electron chi connectivity index (χ4n) is 2.29. The maximum absolute atomic E-state index is 14.0. The summed E-state index contributed by atoms with van der Waals surface area (Å²) in [6.07, 6.45) is 3.10. The van der Waals surface area contributed by atoms with Crippen molar-refractivity contribution >= 4 is 0 Å². The van der Waals surface area contributed by atoms with Gasteiger partial charge in [0, 0.05) is 25.7 Å². The third kappa shape index (κ3) is 7.58. The molecule has 1 N–H and O–H groups in total. The van der Waals surface area contributed by atoms with Crippen LogP contribution in [0.3, 0.4) is 0 Å². The van der Waals surface area contributed by atoms with Crippen LogP contribution in [0.25, 0.3) is 0 Å². The number of hydrogen-bond donors (Lipinski definition) is 1. The first-order chi connectivity index (χ1) is 10.1. The van der Waals surface area contributed by atoms with Crippen LogP contribution in [0.15, 0.2) is 24.3 Å². The predicted molar refractivity (Wildman–Crippen MR) is 87.2 cm³/mol. The molecule has 0 radical (unpaired) electrons. The predicted octanol–water partition coefficient (Wildman–Crippen LogP) is 4.36. The highest BCUT2D eigenvalue weighted by Crippen LogP contribution is 2.22. The summed E-state index contributed by atoms with van der Waals surface area (Å²) < 4.78 is 19.6. The fourth-order valence-corrected chi connectivity index (χ4v) is 2.29. The van der Waals surface area contributed by atoms with Crippen molar-refractivity contribution in [2.75, 3.05) is 26.3 Å². The Morgan fingerprint density at radius 2 is 1.90 bits per heavy atom. The Hall–Kier alpha value is -0.930. The molecule has 1 unspecified atom stereocenters. The van der Waals surface area contributed by atoms with E-state index >= 15 is 0 Å². The van der Waals surface area contributed by atoms with Crippen molar-refractivity contribution in [1.82, 2.24) is 5.32 Å². The van der Waals surface area contributed by atoms with Crippen molar-refractivity contribution in [3.05, 3.63) is 35.6 Å². The lowest BCUT2D eigenvalue weighted by molar-refractivity contribution is 0.123. The molecule has 1 rings (SSSR count). The molecule has 0 amide bonds. The van der Waals surface area contributed by atoms with Gasteiger partial charge in [-0.3, -0.25) is 0 Å². The summed E-state index contributed by atoms with van der Waals surface area (Å²) in [6, 6.07) is 7.09. The average molecular weight is 295 g/mol. The van der Waals surface area contributed by atoms with Crippen molar-refractivity contribution in [1.29, 1.82) is 0 Å². The van der Waals surface area contributed by atoms with Crippen LogP contribution in [0.1, 0.15) is 51.5 Å². The first-order valence-corrected chi connectivity index (χ1v) is 8.18. The van der Waals surface area contributed by atoms with Gasteiger partial charge in [-0.15, -0.1) is 0 Å². The second-order valence-corrected chi connectivity index (χ2v) is 6.03. The third-order valence-electron chi connectivity index (χ3n) is 3.54. The maximum atomic E-state index is 14.0. The fraction of sp³-hybridized carbons (Fsp3) is 0.667. The second-order valence-electron chi connectivity index (χ2n) is 6.03. The van der Waals surface area contributed by atoms with E-state index in [1.165, 1.54) is 0 Å². The van der Waals surface area contributed by atoms with Gasteiger partial charge in [0.05, 0.1) is 0 Å². The monoisotopic (exact) mass is 295 g/mol. The number of unbranched alkanes of at least 4 members (excludes halogenated alkanes) is 1. The van der Waals surface area contributed by atoms with Gasteiger partial charge in [0.1, 0.15) is 5.82 Å². The minimum absolute atomic E-state index is 0.109. The summed E-state index contributed by atoms with van der Waals surface area (Å²) in [5.41, 5.74) is 0.799. The Kier molecular flexibility index (Phi) is 9.27. The molecule has 1 aromatic carbocycles. The van der Waals surface area contributed by atoms with Crippen LogP contribution in [-0.4, -0.2) is 26.3 Å². The molecule has 0 spiro atoms. The van der Waals surface area contributed by atoms with Gasteiger partial charge < -0.3 is 10.1 Å². The number of halogens is 1. The highest BCUT2D eigenvalue weighted by atomic mass is 19.1. The quantitative estimate of drug-likeness (QED) is 0.612. The average Bonchev–Trinajstić information content (AvgIpc) is 2.45. The lowest BCUT2D eigenvalue weighted by atomic mass is 9.95. The molecule has 0 saturated heterocycles. The molecule has 0 heterocycles. The Labute approximate surface area is 129 Å². The summed E-state index contributed by atoms with van der Waals surface area (Å²) >= 11 is 0. The standard InChI is InChI=1S/C18H30FNO/c1-4-5-11-21-12-10-16(14-20-13-15(2)3)17-8-6-7-9-18(17)19/h6-9,15-16,20H,4-5,10-14H2,1-3H3. The van der Waals surface area contributed by atoms with Gasteiger partial charge >= 0.3 is 0 Å². The molecule has 0 aliphatic rings. The lowest BCUT2D eigenvalue weighted by Crippen LogP contribution is -2.26. The SMILES string of the molecule is CCCCOCCC(CNCC(C)C)c1ccccc1F. The van der Waals surface area contributed by atoms with E-state index < -0.39 is 0 Å². The van der Waals surface area contributed by atoms with Crippen LogP contribution >= 0.6 is 0 Å². The van der Waals surface area contributed by atoms with E-state index in [0.717, 1.165) is 44.5 Å². The minimum atomic E-state index is -0.109. The molecule has 21 heavy (non-hydrogen) atoms. The van der Waals surface area contributed by atoms with E-state index in [9.17, 15) is 4.39 Å². The summed E-state index contributed by atoms with van der Waals surface area (Å²) in [4.78, 5) is 0. The molecule has 0 fully saturated rings. The Morgan fingerprint density at radius 3 is 2.57 bits per heavy atom. The van der Waals surface area contributed by atoms with E-state index in [1.807, 2.05) is 12.1 Å². The van der Waals surface area contributed by atoms with E-state index in [4.69, 9.17) is 4.74 Å². The molecule has 1 atom stereocenters. The number of ether oxygens (including phenoxy) is 1. The molecule has 0 aliphatic carbocycles. The second kappa shape index (κ2) is 10.7. The molecule has 0 aromatic heterocycles. The van der Waals surface area contributed by atoms with Crippen molar-refractivity contribution in [3.63, 3.8) is 0 Å². The Bertz CT molecular complexity index is 381. The van der Waals surface area contributed by atoms with Crippen LogP contribution in [0, 0.1) is 11.7 Å².